The lowest BCUT2D eigenvalue weighted by Gasteiger charge is -2.05. The number of hydrogen-bond donors (Lipinski definition) is 3. The Morgan fingerprint density at radius 2 is 1.80 bits per heavy atom. The number of aromatic carboxylic acids is 1. The molecule has 0 radical (unpaired) electrons. The van der Waals surface area contributed by atoms with E-state index in [0.29, 0.717) is 0 Å². The third-order valence-corrected chi connectivity index (χ3v) is 1.80. The number of hydrogen-bond acceptors (Lipinski definition) is 3. The van der Waals surface area contributed by atoms with Gasteiger partial charge in [0.25, 0.3) is 5.91 Å². The zero-order chi connectivity index (χ0) is 11.3. The summed E-state index contributed by atoms with van der Waals surface area (Å²) in [5, 5.41) is 19.7. The van der Waals surface area contributed by atoms with Crippen LogP contribution in [0.1, 0.15) is 20.7 Å². The fourth-order valence-corrected chi connectivity index (χ4v) is 1.13. The maximum atomic E-state index is 11.4. The van der Waals surface area contributed by atoms with Crippen molar-refractivity contribution in [3.63, 3.8) is 0 Å². The summed E-state index contributed by atoms with van der Waals surface area (Å²) in [6, 6.07) is 5.92. The van der Waals surface area contributed by atoms with Gasteiger partial charge in [-0.2, -0.15) is 0 Å². The van der Waals surface area contributed by atoms with E-state index in [1.54, 1.807) is 12.1 Å². The van der Waals surface area contributed by atoms with Crippen LogP contribution in [0.5, 0.6) is 0 Å². The Morgan fingerprint density at radius 1 is 1.20 bits per heavy atom. The van der Waals surface area contributed by atoms with E-state index in [9.17, 15) is 9.59 Å². The minimum atomic E-state index is -1.15. The molecule has 1 aromatic carbocycles. The van der Waals surface area contributed by atoms with Gasteiger partial charge in [0, 0.05) is 6.54 Å². The van der Waals surface area contributed by atoms with Crippen molar-refractivity contribution >= 4 is 11.9 Å². The fourth-order valence-electron chi connectivity index (χ4n) is 1.13. The first kappa shape index (κ1) is 11.2. The van der Waals surface area contributed by atoms with Crippen molar-refractivity contribution in [3.05, 3.63) is 35.4 Å². The topological polar surface area (TPSA) is 86.6 Å². The summed E-state index contributed by atoms with van der Waals surface area (Å²) in [6.45, 7) is -0.0756. The second-order valence-corrected chi connectivity index (χ2v) is 2.83. The third kappa shape index (κ3) is 2.78. The van der Waals surface area contributed by atoms with E-state index >= 15 is 0 Å². The highest BCUT2D eigenvalue weighted by molar-refractivity contribution is 6.04. The second kappa shape index (κ2) is 5.11. The van der Waals surface area contributed by atoms with E-state index in [-0.39, 0.29) is 24.3 Å². The molecule has 0 spiro atoms. The van der Waals surface area contributed by atoms with Crippen LogP contribution < -0.4 is 5.32 Å². The van der Waals surface area contributed by atoms with Gasteiger partial charge in [-0.1, -0.05) is 12.1 Å². The Kier molecular flexibility index (Phi) is 3.82. The number of aliphatic hydroxyl groups is 1. The molecule has 1 amide bonds. The number of carboxylic acid groups (broad SMARTS) is 1. The van der Waals surface area contributed by atoms with Crippen LogP contribution in [0.3, 0.4) is 0 Å². The number of amides is 1. The van der Waals surface area contributed by atoms with Crippen LogP contribution in [0.15, 0.2) is 24.3 Å². The van der Waals surface area contributed by atoms with Crippen LogP contribution in [0.4, 0.5) is 0 Å². The van der Waals surface area contributed by atoms with Crippen LogP contribution in [0, 0.1) is 0 Å². The van der Waals surface area contributed by atoms with Gasteiger partial charge >= 0.3 is 5.97 Å². The molecule has 0 bridgehead atoms. The van der Waals surface area contributed by atoms with Gasteiger partial charge in [-0.15, -0.1) is 0 Å². The molecule has 0 heterocycles. The van der Waals surface area contributed by atoms with Crippen molar-refractivity contribution in [2.75, 3.05) is 13.2 Å². The molecule has 1 aromatic rings. The van der Waals surface area contributed by atoms with E-state index in [0.717, 1.165) is 0 Å². The lowest BCUT2D eigenvalue weighted by molar-refractivity contribution is 0.0691. The number of aliphatic hydroxyl groups excluding tert-OH is 1. The largest absolute Gasteiger partial charge is 0.478 e. The summed E-state index contributed by atoms with van der Waals surface area (Å²) in [5.74, 6) is -1.65. The van der Waals surface area contributed by atoms with E-state index in [4.69, 9.17) is 10.2 Å². The molecular formula is C10H11NO4. The number of nitrogens with one attached hydrogen (secondary N) is 1. The minimum Gasteiger partial charge on any atom is -0.478 e. The first-order chi connectivity index (χ1) is 7.16. The van der Waals surface area contributed by atoms with Crippen molar-refractivity contribution < 1.29 is 19.8 Å². The van der Waals surface area contributed by atoms with Crippen molar-refractivity contribution in [3.8, 4) is 0 Å². The van der Waals surface area contributed by atoms with Gasteiger partial charge in [0.15, 0.2) is 0 Å². The van der Waals surface area contributed by atoms with E-state index in [1.807, 2.05) is 0 Å². The molecule has 0 aliphatic carbocycles. The normalized spacial score (nSPS) is 9.67. The summed E-state index contributed by atoms with van der Waals surface area (Å²) in [4.78, 5) is 22.2. The highest BCUT2D eigenvalue weighted by atomic mass is 16.4. The molecule has 5 nitrogen and oxygen atoms in total. The van der Waals surface area contributed by atoms with Crippen molar-refractivity contribution in [1.29, 1.82) is 0 Å². The lowest BCUT2D eigenvalue weighted by atomic mass is 10.1. The van der Waals surface area contributed by atoms with Crippen LogP contribution in [-0.2, 0) is 0 Å². The lowest BCUT2D eigenvalue weighted by Crippen LogP contribution is -2.27. The Bertz CT molecular complexity index is 375. The quantitative estimate of drug-likeness (QED) is 0.656. The first-order valence-electron chi connectivity index (χ1n) is 4.38. The summed E-state index contributed by atoms with van der Waals surface area (Å²) in [7, 11) is 0. The first-order valence-corrected chi connectivity index (χ1v) is 4.38. The van der Waals surface area contributed by atoms with E-state index < -0.39 is 11.9 Å². The van der Waals surface area contributed by atoms with Crippen molar-refractivity contribution in [1.82, 2.24) is 5.32 Å². The van der Waals surface area contributed by atoms with Gasteiger partial charge < -0.3 is 15.5 Å². The van der Waals surface area contributed by atoms with Gasteiger partial charge in [-0.25, -0.2) is 4.79 Å². The predicted octanol–water partition coefficient (Wildman–Crippen LogP) is 0.107. The molecule has 5 heteroatoms. The Hall–Kier alpha value is -1.88. The van der Waals surface area contributed by atoms with Crippen LogP contribution in [-0.4, -0.2) is 35.2 Å². The maximum Gasteiger partial charge on any atom is 0.336 e. The molecule has 0 fully saturated rings. The molecule has 3 N–H and O–H groups in total. The van der Waals surface area contributed by atoms with E-state index in [2.05, 4.69) is 5.32 Å². The SMILES string of the molecule is O=C(O)c1ccccc1C(=O)NCCO. The third-order valence-electron chi connectivity index (χ3n) is 1.80. The summed E-state index contributed by atoms with van der Waals surface area (Å²) >= 11 is 0. The monoisotopic (exact) mass is 209 g/mol. The highest BCUT2D eigenvalue weighted by Crippen LogP contribution is 2.08. The zero-order valence-corrected chi connectivity index (χ0v) is 7.93. The molecule has 0 saturated carbocycles. The zero-order valence-electron chi connectivity index (χ0n) is 7.93. The molecule has 15 heavy (non-hydrogen) atoms. The number of rotatable bonds is 4. The molecule has 0 saturated heterocycles. The number of carbonyl (C=O) groups is 2. The van der Waals surface area contributed by atoms with Gasteiger partial charge in [0.05, 0.1) is 17.7 Å². The van der Waals surface area contributed by atoms with E-state index in [1.165, 1.54) is 12.1 Å². The Morgan fingerprint density at radius 3 is 2.33 bits per heavy atom. The van der Waals surface area contributed by atoms with Gasteiger partial charge in [0.2, 0.25) is 0 Å². The average molecular weight is 209 g/mol. The molecule has 0 atom stereocenters. The Labute approximate surface area is 86.4 Å². The number of benzene rings is 1. The molecular weight excluding hydrogens is 198 g/mol. The highest BCUT2D eigenvalue weighted by Gasteiger charge is 2.14. The summed E-state index contributed by atoms with van der Waals surface area (Å²) < 4.78 is 0. The number of carboxylic acids is 1. The molecule has 0 aliphatic rings. The Balaban J connectivity index is 2.92. The standard InChI is InChI=1S/C10H11NO4/c12-6-5-11-9(13)7-3-1-2-4-8(7)10(14)15/h1-4,12H,5-6H2,(H,11,13)(H,14,15). The van der Waals surface area contributed by atoms with Gasteiger partial charge in [-0.05, 0) is 12.1 Å². The van der Waals surface area contributed by atoms with Crippen LogP contribution in [0.25, 0.3) is 0 Å². The number of carbonyl (C=O) groups excluding carboxylic acids is 1. The van der Waals surface area contributed by atoms with Crippen LogP contribution >= 0.6 is 0 Å². The summed E-state index contributed by atoms with van der Waals surface area (Å²) in [6.07, 6.45) is 0. The van der Waals surface area contributed by atoms with Crippen molar-refractivity contribution in [2.45, 2.75) is 0 Å². The van der Waals surface area contributed by atoms with Gasteiger partial charge in [0.1, 0.15) is 0 Å². The molecule has 0 aliphatic heterocycles. The van der Waals surface area contributed by atoms with Crippen LogP contribution in [0.2, 0.25) is 0 Å². The average Bonchev–Trinajstić information content (AvgIpc) is 2.25. The van der Waals surface area contributed by atoms with Crippen molar-refractivity contribution in [2.24, 2.45) is 0 Å². The molecule has 0 unspecified atom stereocenters. The smallest absolute Gasteiger partial charge is 0.336 e. The predicted molar refractivity (Wildman–Crippen MR) is 52.8 cm³/mol. The minimum absolute atomic E-state index is 0.0482. The molecule has 80 valence electrons. The fraction of sp³-hybridized carbons (Fsp3) is 0.200. The summed E-state index contributed by atoms with van der Waals surface area (Å²) in [5.41, 5.74) is 0.0476. The molecule has 0 aromatic heterocycles. The molecule has 1 rings (SSSR count). The van der Waals surface area contributed by atoms with Gasteiger partial charge in [-0.3, -0.25) is 4.79 Å². The maximum absolute atomic E-state index is 11.4. The second-order valence-electron chi connectivity index (χ2n) is 2.83.